The van der Waals surface area contributed by atoms with E-state index in [1.807, 2.05) is 40.6 Å². The summed E-state index contributed by atoms with van der Waals surface area (Å²) in [6.07, 6.45) is 0. The van der Waals surface area contributed by atoms with Crippen molar-refractivity contribution in [1.82, 2.24) is 9.80 Å². The number of hydrogen-bond acceptors (Lipinski definition) is 4. The maximum Gasteiger partial charge on any atom is 0.337 e. The van der Waals surface area contributed by atoms with Crippen LogP contribution in [0.3, 0.4) is 0 Å². The van der Waals surface area contributed by atoms with Crippen molar-refractivity contribution in [2.75, 3.05) is 38.2 Å². The molecule has 0 aliphatic carbocycles. The summed E-state index contributed by atoms with van der Waals surface area (Å²) in [5.74, 6) is 1.68. The van der Waals surface area contributed by atoms with Gasteiger partial charge in [-0.3, -0.25) is 0 Å². The molecule has 22 heavy (non-hydrogen) atoms. The quantitative estimate of drug-likeness (QED) is 0.799. The fourth-order valence-corrected chi connectivity index (χ4v) is 3.26. The predicted octanol–water partition coefficient (Wildman–Crippen LogP) is 2.46. The number of ether oxygens (including phenoxy) is 1. The number of urea groups is 1. The van der Waals surface area contributed by atoms with E-state index < -0.39 is 0 Å². The van der Waals surface area contributed by atoms with Crippen molar-refractivity contribution < 1.29 is 14.3 Å². The first-order valence-electron chi connectivity index (χ1n) is 7.44. The number of carbonyl (C=O) groups is 2. The molecule has 0 N–H and O–H groups in total. The van der Waals surface area contributed by atoms with Gasteiger partial charge in [-0.05, 0) is 24.6 Å². The van der Waals surface area contributed by atoms with E-state index in [9.17, 15) is 9.59 Å². The summed E-state index contributed by atoms with van der Waals surface area (Å²) < 4.78 is 4.68. The van der Waals surface area contributed by atoms with Gasteiger partial charge in [0.1, 0.15) is 0 Å². The molecule has 6 heteroatoms. The lowest BCUT2D eigenvalue weighted by Crippen LogP contribution is -2.46. The summed E-state index contributed by atoms with van der Waals surface area (Å²) in [6, 6.07) is 7.30. The number of esters is 1. The van der Waals surface area contributed by atoms with Crippen LogP contribution in [0, 0.1) is 0 Å². The van der Waals surface area contributed by atoms with E-state index >= 15 is 0 Å². The third-order valence-corrected chi connectivity index (χ3v) is 4.62. The largest absolute Gasteiger partial charge is 0.465 e. The van der Waals surface area contributed by atoms with Crippen molar-refractivity contribution in [3.63, 3.8) is 0 Å². The lowest BCUT2D eigenvalue weighted by Gasteiger charge is -2.32. The molecular weight excluding hydrogens is 300 g/mol. The normalized spacial score (nSPS) is 14.5. The van der Waals surface area contributed by atoms with Gasteiger partial charge in [-0.15, -0.1) is 0 Å². The highest BCUT2D eigenvalue weighted by atomic mass is 32.2. The van der Waals surface area contributed by atoms with E-state index in [1.165, 1.54) is 7.11 Å². The van der Waals surface area contributed by atoms with Crippen molar-refractivity contribution >= 4 is 23.8 Å². The molecule has 1 heterocycles. The molecule has 0 radical (unpaired) electrons. The number of amides is 2. The highest BCUT2D eigenvalue weighted by Gasteiger charge is 2.21. The summed E-state index contributed by atoms with van der Waals surface area (Å²) >= 11 is 1.89. The second kappa shape index (κ2) is 8.08. The molecule has 5 nitrogen and oxygen atoms in total. The van der Waals surface area contributed by atoms with Crippen LogP contribution in [0.5, 0.6) is 0 Å². The molecule has 0 saturated carbocycles. The molecule has 1 aliphatic rings. The maximum atomic E-state index is 12.5. The lowest BCUT2D eigenvalue weighted by atomic mass is 10.1. The van der Waals surface area contributed by atoms with Gasteiger partial charge in [0.05, 0.1) is 12.7 Å². The van der Waals surface area contributed by atoms with Gasteiger partial charge in [0.25, 0.3) is 0 Å². The van der Waals surface area contributed by atoms with Crippen LogP contribution >= 0.6 is 11.8 Å². The molecule has 1 saturated heterocycles. The third kappa shape index (κ3) is 4.16. The van der Waals surface area contributed by atoms with Crippen LogP contribution in [0.15, 0.2) is 24.3 Å². The number of benzene rings is 1. The first-order chi connectivity index (χ1) is 10.7. The zero-order chi connectivity index (χ0) is 15.9. The minimum absolute atomic E-state index is 0.0971. The first-order valence-corrected chi connectivity index (χ1v) is 8.60. The summed E-state index contributed by atoms with van der Waals surface area (Å²) in [7, 11) is 1.37. The topological polar surface area (TPSA) is 49.9 Å². The zero-order valence-corrected chi connectivity index (χ0v) is 13.9. The SMILES string of the molecule is CCN(Cc1ccc(C(=O)OC)cc1)C(=O)N1CCSCC1. The number of nitrogens with zero attached hydrogens (tertiary/aromatic N) is 2. The minimum atomic E-state index is -0.346. The Balaban J connectivity index is 2.00. The third-order valence-electron chi connectivity index (χ3n) is 3.68. The van der Waals surface area contributed by atoms with E-state index in [1.54, 1.807) is 12.1 Å². The Morgan fingerprint density at radius 3 is 2.41 bits per heavy atom. The average molecular weight is 322 g/mol. The number of methoxy groups -OCH3 is 1. The summed E-state index contributed by atoms with van der Waals surface area (Å²) in [5, 5.41) is 0. The summed E-state index contributed by atoms with van der Waals surface area (Å²) in [4.78, 5) is 27.7. The molecule has 120 valence electrons. The maximum absolute atomic E-state index is 12.5. The van der Waals surface area contributed by atoms with E-state index in [0.717, 1.165) is 30.2 Å². The van der Waals surface area contributed by atoms with Gasteiger partial charge in [-0.1, -0.05) is 12.1 Å². The van der Waals surface area contributed by atoms with Gasteiger partial charge in [0.15, 0.2) is 0 Å². The Bertz CT molecular complexity index is 513. The van der Waals surface area contributed by atoms with Crippen LogP contribution in [0.2, 0.25) is 0 Å². The molecule has 0 unspecified atom stereocenters. The Morgan fingerprint density at radius 1 is 1.23 bits per heavy atom. The highest BCUT2D eigenvalue weighted by Crippen LogP contribution is 2.14. The fraction of sp³-hybridized carbons (Fsp3) is 0.500. The highest BCUT2D eigenvalue weighted by molar-refractivity contribution is 7.99. The van der Waals surface area contributed by atoms with Gasteiger partial charge < -0.3 is 14.5 Å². The zero-order valence-electron chi connectivity index (χ0n) is 13.1. The molecule has 0 atom stereocenters. The van der Waals surface area contributed by atoms with Crippen LogP contribution in [-0.4, -0.2) is 60.1 Å². The lowest BCUT2D eigenvalue weighted by molar-refractivity contribution is 0.0600. The molecule has 0 spiro atoms. The molecule has 2 rings (SSSR count). The fourth-order valence-electron chi connectivity index (χ4n) is 2.35. The second-order valence-electron chi connectivity index (χ2n) is 5.08. The number of carbonyl (C=O) groups excluding carboxylic acids is 2. The van der Waals surface area contributed by atoms with Crippen LogP contribution in [0.1, 0.15) is 22.8 Å². The van der Waals surface area contributed by atoms with Gasteiger partial charge in [0, 0.05) is 37.7 Å². The minimum Gasteiger partial charge on any atom is -0.465 e. The molecule has 1 aromatic carbocycles. The second-order valence-corrected chi connectivity index (χ2v) is 6.31. The Labute approximate surface area is 135 Å². The van der Waals surface area contributed by atoms with Gasteiger partial charge in [0.2, 0.25) is 0 Å². The molecule has 2 amide bonds. The number of hydrogen-bond donors (Lipinski definition) is 0. The Kier molecular flexibility index (Phi) is 6.12. The van der Waals surface area contributed by atoms with Gasteiger partial charge in [-0.2, -0.15) is 11.8 Å². The van der Waals surface area contributed by atoms with Crippen molar-refractivity contribution in [3.8, 4) is 0 Å². The molecule has 0 bridgehead atoms. The van der Waals surface area contributed by atoms with Crippen LogP contribution in [0.4, 0.5) is 4.79 Å². The Morgan fingerprint density at radius 2 is 1.86 bits per heavy atom. The predicted molar refractivity (Wildman–Crippen MR) is 88.2 cm³/mol. The summed E-state index contributed by atoms with van der Waals surface area (Å²) in [6.45, 7) is 4.85. The molecular formula is C16H22N2O3S. The smallest absolute Gasteiger partial charge is 0.337 e. The van der Waals surface area contributed by atoms with Crippen molar-refractivity contribution in [1.29, 1.82) is 0 Å². The van der Waals surface area contributed by atoms with E-state index in [-0.39, 0.29) is 12.0 Å². The van der Waals surface area contributed by atoms with Crippen LogP contribution in [0.25, 0.3) is 0 Å². The average Bonchev–Trinajstić information content (AvgIpc) is 2.59. The van der Waals surface area contributed by atoms with E-state index in [0.29, 0.717) is 18.7 Å². The van der Waals surface area contributed by atoms with E-state index in [2.05, 4.69) is 4.74 Å². The van der Waals surface area contributed by atoms with E-state index in [4.69, 9.17) is 0 Å². The number of rotatable bonds is 4. The first kappa shape index (κ1) is 16.7. The number of thioether (sulfide) groups is 1. The van der Waals surface area contributed by atoms with Crippen molar-refractivity contribution in [3.05, 3.63) is 35.4 Å². The molecule has 1 aliphatic heterocycles. The molecule has 1 aromatic rings. The van der Waals surface area contributed by atoms with Gasteiger partial charge >= 0.3 is 12.0 Å². The summed E-state index contributed by atoms with van der Waals surface area (Å²) in [5.41, 5.74) is 1.53. The van der Waals surface area contributed by atoms with Crippen LogP contribution in [-0.2, 0) is 11.3 Å². The molecule has 1 fully saturated rings. The van der Waals surface area contributed by atoms with Gasteiger partial charge in [-0.25, -0.2) is 9.59 Å². The standard InChI is InChI=1S/C16H22N2O3S/c1-3-17(16(20)18-8-10-22-11-9-18)12-13-4-6-14(7-5-13)15(19)21-2/h4-7H,3,8-12H2,1-2H3. The van der Waals surface area contributed by atoms with Crippen LogP contribution < -0.4 is 0 Å². The molecule has 0 aromatic heterocycles. The van der Waals surface area contributed by atoms with Crippen molar-refractivity contribution in [2.45, 2.75) is 13.5 Å². The van der Waals surface area contributed by atoms with Crippen molar-refractivity contribution in [2.24, 2.45) is 0 Å². The Hall–Kier alpha value is -1.69. The monoisotopic (exact) mass is 322 g/mol.